The van der Waals surface area contributed by atoms with E-state index in [4.69, 9.17) is 9.88 Å². The zero-order valence-corrected chi connectivity index (χ0v) is 14.5. The number of carbonyl (C=O) groups excluding carboxylic acids is 1. The van der Waals surface area contributed by atoms with Crippen molar-refractivity contribution in [1.82, 2.24) is 4.90 Å². The Morgan fingerprint density at radius 1 is 1.35 bits per heavy atom. The number of carbonyl (C=O) groups is 1. The highest BCUT2D eigenvalue weighted by Crippen LogP contribution is 2.20. The number of hydrogen-bond acceptors (Lipinski definition) is 5. The summed E-state index contributed by atoms with van der Waals surface area (Å²) in [5.74, 6) is 0.474. The van der Waals surface area contributed by atoms with E-state index < -0.39 is 10.0 Å². The monoisotopic (exact) mass is 354 g/mol. The van der Waals surface area contributed by atoms with Gasteiger partial charge < -0.3 is 9.64 Å². The Bertz CT molecular complexity index is 799. The van der Waals surface area contributed by atoms with Gasteiger partial charge in [-0.3, -0.25) is 4.79 Å². The third-order valence-electron chi connectivity index (χ3n) is 3.13. The van der Waals surface area contributed by atoms with Crippen molar-refractivity contribution in [3.05, 3.63) is 46.8 Å². The third-order valence-corrected chi connectivity index (χ3v) is 5.52. The van der Waals surface area contributed by atoms with Crippen molar-refractivity contribution in [2.45, 2.75) is 11.1 Å². The Hall–Kier alpha value is -1.90. The predicted octanol–water partition coefficient (Wildman–Crippen LogP) is 1.85. The van der Waals surface area contributed by atoms with E-state index in [-0.39, 0.29) is 10.1 Å². The van der Waals surface area contributed by atoms with Gasteiger partial charge in [-0.1, -0.05) is 12.1 Å². The van der Waals surface area contributed by atoms with E-state index in [0.29, 0.717) is 18.7 Å². The first-order valence-electron chi connectivity index (χ1n) is 6.83. The summed E-state index contributed by atoms with van der Waals surface area (Å²) in [7, 11) is -2.14. The molecule has 2 aromatic rings. The van der Waals surface area contributed by atoms with E-state index in [9.17, 15) is 13.2 Å². The Balaban J connectivity index is 1.91. The molecule has 23 heavy (non-hydrogen) atoms. The quantitative estimate of drug-likeness (QED) is 0.857. The van der Waals surface area contributed by atoms with E-state index in [1.165, 1.54) is 16.3 Å². The molecule has 124 valence electrons. The summed E-state index contributed by atoms with van der Waals surface area (Å²) in [6.07, 6.45) is 0. The summed E-state index contributed by atoms with van der Waals surface area (Å²) in [4.78, 5) is 13.7. The minimum Gasteiger partial charge on any atom is -0.492 e. The largest absolute Gasteiger partial charge is 0.492 e. The molecule has 0 fully saturated rings. The molecule has 2 N–H and O–H groups in total. The molecular weight excluding hydrogens is 336 g/mol. The molecule has 0 aliphatic carbocycles. The van der Waals surface area contributed by atoms with Crippen LogP contribution in [0.2, 0.25) is 0 Å². The number of thiophene rings is 1. The van der Waals surface area contributed by atoms with Crippen LogP contribution in [-0.2, 0) is 10.0 Å². The van der Waals surface area contributed by atoms with E-state index in [2.05, 4.69) is 0 Å². The molecule has 0 radical (unpaired) electrons. The molecule has 2 rings (SSSR count). The highest BCUT2D eigenvalue weighted by atomic mass is 32.2. The van der Waals surface area contributed by atoms with Crippen LogP contribution >= 0.6 is 11.3 Å². The van der Waals surface area contributed by atoms with Gasteiger partial charge in [0.1, 0.15) is 16.6 Å². The fourth-order valence-electron chi connectivity index (χ4n) is 1.91. The lowest BCUT2D eigenvalue weighted by molar-refractivity contribution is 0.0774. The van der Waals surface area contributed by atoms with Crippen LogP contribution in [0.4, 0.5) is 0 Å². The highest BCUT2D eigenvalue weighted by Gasteiger charge is 2.17. The van der Waals surface area contributed by atoms with Gasteiger partial charge in [-0.25, -0.2) is 13.6 Å². The van der Waals surface area contributed by atoms with Crippen molar-refractivity contribution in [3.63, 3.8) is 0 Å². The summed E-state index contributed by atoms with van der Waals surface area (Å²) >= 11 is 0.933. The minimum absolute atomic E-state index is 0.0229. The lowest BCUT2D eigenvalue weighted by Gasteiger charge is -2.17. The molecule has 1 amide bonds. The number of nitrogens with zero attached hydrogens (tertiary/aromatic N) is 1. The maximum absolute atomic E-state index is 12.2. The lowest BCUT2D eigenvalue weighted by atomic mass is 10.2. The molecule has 1 aromatic carbocycles. The van der Waals surface area contributed by atoms with Gasteiger partial charge in [0.25, 0.3) is 5.91 Å². The third kappa shape index (κ3) is 4.78. The predicted molar refractivity (Wildman–Crippen MR) is 89.3 cm³/mol. The maximum Gasteiger partial charge on any atom is 0.254 e. The molecule has 0 unspecified atom stereocenters. The van der Waals surface area contributed by atoms with Crippen LogP contribution in [0.5, 0.6) is 5.75 Å². The second-order valence-corrected chi connectivity index (χ2v) is 7.79. The number of aryl methyl sites for hydroxylation is 1. The number of benzene rings is 1. The topological polar surface area (TPSA) is 89.7 Å². The number of sulfonamides is 1. The first-order chi connectivity index (χ1) is 10.8. The second-order valence-electron chi connectivity index (χ2n) is 5.09. The summed E-state index contributed by atoms with van der Waals surface area (Å²) in [5.41, 5.74) is 1.40. The number of amides is 1. The summed E-state index contributed by atoms with van der Waals surface area (Å²) in [6, 6.07) is 8.94. The van der Waals surface area contributed by atoms with Gasteiger partial charge in [0.15, 0.2) is 0 Å². The molecular formula is C15H18N2O4S2. The maximum atomic E-state index is 12.2. The van der Waals surface area contributed by atoms with Crippen LogP contribution in [0.25, 0.3) is 0 Å². The summed E-state index contributed by atoms with van der Waals surface area (Å²) in [6.45, 7) is 2.70. The number of likely N-dealkylation sites (N-methyl/N-ethyl adjacent to an activating group) is 1. The summed E-state index contributed by atoms with van der Waals surface area (Å²) < 4.78 is 28.0. The lowest BCUT2D eigenvalue weighted by Crippen LogP contribution is -2.30. The smallest absolute Gasteiger partial charge is 0.254 e. The zero-order valence-electron chi connectivity index (χ0n) is 12.9. The van der Waals surface area contributed by atoms with Gasteiger partial charge in [0, 0.05) is 12.4 Å². The molecule has 0 spiro atoms. The number of rotatable bonds is 6. The molecule has 1 heterocycles. The zero-order chi connectivity index (χ0) is 17.0. The normalized spacial score (nSPS) is 11.3. The summed E-state index contributed by atoms with van der Waals surface area (Å²) in [5, 5.41) is 6.53. The molecule has 0 saturated carbocycles. The van der Waals surface area contributed by atoms with Crippen molar-refractivity contribution in [2.75, 3.05) is 20.2 Å². The van der Waals surface area contributed by atoms with Gasteiger partial charge >= 0.3 is 0 Å². The van der Waals surface area contributed by atoms with Crippen LogP contribution in [0.1, 0.15) is 15.9 Å². The van der Waals surface area contributed by atoms with Gasteiger partial charge in [0.05, 0.1) is 12.1 Å². The Kier molecular flexibility index (Phi) is 5.40. The average molecular weight is 354 g/mol. The van der Waals surface area contributed by atoms with Crippen molar-refractivity contribution in [1.29, 1.82) is 0 Å². The van der Waals surface area contributed by atoms with Crippen LogP contribution in [0.3, 0.4) is 0 Å². The standard InChI is InChI=1S/C15H18N2O4S2/c1-11-4-3-5-13(8-11)21-7-6-17(2)15(18)12-9-14(22-10-12)23(16,19)20/h3-5,8-10H,6-7H2,1-2H3,(H2,16,19,20). The number of hydrogen-bond donors (Lipinski definition) is 1. The molecule has 6 nitrogen and oxygen atoms in total. The fraction of sp³-hybridized carbons (Fsp3) is 0.267. The molecule has 0 aliphatic heterocycles. The number of primary sulfonamides is 1. The van der Waals surface area contributed by atoms with Gasteiger partial charge in [0.2, 0.25) is 10.0 Å². The SMILES string of the molecule is Cc1cccc(OCCN(C)C(=O)c2csc(S(N)(=O)=O)c2)c1. The van der Waals surface area contributed by atoms with Crippen LogP contribution < -0.4 is 9.88 Å². The first kappa shape index (κ1) is 17.5. The number of ether oxygens (including phenoxy) is 1. The molecule has 1 aromatic heterocycles. The molecule has 0 saturated heterocycles. The van der Waals surface area contributed by atoms with Crippen LogP contribution in [-0.4, -0.2) is 39.4 Å². The van der Waals surface area contributed by atoms with Crippen molar-refractivity contribution in [3.8, 4) is 5.75 Å². The van der Waals surface area contributed by atoms with E-state index in [1.807, 2.05) is 31.2 Å². The van der Waals surface area contributed by atoms with Gasteiger partial charge in [-0.2, -0.15) is 0 Å². The van der Waals surface area contributed by atoms with E-state index >= 15 is 0 Å². The fourth-order valence-corrected chi connectivity index (χ4v) is 3.48. The second kappa shape index (κ2) is 7.12. The van der Waals surface area contributed by atoms with E-state index in [1.54, 1.807) is 7.05 Å². The van der Waals surface area contributed by atoms with Crippen molar-refractivity contribution >= 4 is 27.3 Å². The average Bonchev–Trinajstić information content (AvgIpc) is 2.96. The van der Waals surface area contributed by atoms with Crippen molar-refractivity contribution in [2.24, 2.45) is 5.14 Å². The minimum atomic E-state index is -3.78. The highest BCUT2D eigenvalue weighted by molar-refractivity contribution is 7.91. The van der Waals surface area contributed by atoms with Crippen LogP contribution in [0.15, 0.2) is 39.9 Å². The van der Waals surface area contributed by atoms with Crippen molar-refractivity contribution < 1.29 is 17.9 Å². The van der Waals surface area contributed by atoms with E-state index in [0.717, 1.165) is 22.6 Å². The first-order valence-corrected chi connectivity index (χ1v) is 9.26. The molecule has 0 bridgehead atoms. The Morgan fingerprint density at radius 3 is 2.70 bits per heavy atom. The number of nitrogens with two attached hydrogens (primary N) is 1. The Labute approximate surface area is 139 Å². The molecule has 0 aliphatic rings. The van der Waals surface area contributed by atoms with Crippen LogP contribution in [0, 0.1) is 6.92 Å². The van der Waals surface area contributed by atoms with Gasteiger partial charge in [-0.15, -0.1) is 11.3 Å². The molecule has 8 heteroatoms. The Morgan fingerprint density at radius 2 is 2.09 bits per heavy atom. The molecule has 0 atom stereocenters. The van der Waals surface area contributed by atoms with Gasteiger partial charge in [-0.05, 0) is 30.7 Å².